The first kappa shape index (κ1) is 14.7. The second kappa shape index (κ2) is 6.27. The number of aryl methyl sites for hydroxylation is 1. The van der Waals surface area contributed by atoms with Gasteiger partial charge in [-0.15, -0.1) is 0 Å². The molecule has 1 aliphatic rings. The minimum Gasteiger partial charge on any atom is -0.379 e. The van der Waals surface area contributed by atoms with Gasteiger partial charge in [-0.05, 0) is 31.0 Å². The van der Waals surface area contributed by atoms with E-state index in [2.05, 4.69) is 14.9 Å². The average molecular weight is 302 g/mol. The molecule has 22 heavy (non-hydrogen) atoms. The molecule has 1 aliphatic heterocycles. The van der Waals surface area contributed by atoms with Crippen LogP contribution < -0.4 is 10.6 Å². The fourth-order valence-corrected chi connectivity index (χ4v) is 2.73. The number of ether oxygens (including phenoxy) is 1. The van der Waals surface area contributed by atoms with Gasteiger partial charge in [0.2, 0.25) is 5.95 Å². The Labute approximate surface area is 128 Å². The first-order valence-corrected chi connectivity index (χ1v) is 7.34. The minimum atomic E-state index is -0.244. The predicted molar refractivity (Wildman–Crippen MR) is 83.1 cm³/mol. The Kier molecular flexibility index (Phi) is 4.20. The van der Waals surface area contributed by atoms with E-state index in [-0.39, 0.29) is 17.8 Å². The van der Waals surface area contributed by atoms with Gasteiger partial charge in [0.15, 0.2) is 0 Å². The Morgan fingerprint density at radius 2 is 2.05 bits per heavy atom. The predicted octanol–water partition coefficient (Wildman–Crippen LogP) is 2.47. The molecule has 0 saturated carbocycles. The van der Waals surface area contributed by atoms with E-state index in [0.29, 0.717) is 13.2 Å². The van der Waals surface area contributed by atoms with Crippen LogP contribution in [-0.4, -0.2) is 29.7 Å². The van der Waals surface area contributed by atoms with Crippen molar-refractivity contribution in [3.63, 3.8) is 0 Å². The second-order valence-corrected chi connectivity index (χ2v) is 5.41. The van der Waals surface area contributed by atoms with Crippen molar-refractivity contribution in [3.8, 4) is 0 Å². The maximum absolute atomic E-state index is 13.2. The van der Waals surface area contributed by atoms with Gasteiger partial charge in [-0.2, -0.15) is 4.98 Å². The molecule has 0 bridgehead atoms. The van der Waals surface area contributed by atoms with Crippen LogP contribution in [0.25, 0.3) is 0 Å². The number of halogens is 1. The quantitative estimate of drug-likeness (QED) is 0.923. The molecule has 2 heterocycles. The van der Waals surface area contributed by atoms with E-state index < -0.39 is 0 Å². The molecular formula is C16H19FN4O. The van der Waals surface area contributed by atoms with E-state index in [9.17, 15) is 4.39 Å². The number of nitrogen functional groups attached to an aromatic ring is 1. The van der Waals surface area contributed by atoms with Crippen molar-refractivity contribution in [2.75, 3.05) is 30.4 Å². The number of hydrogen-bond acceptors (Lipinski definition) is 5. The van der Waals surface area contributed by atoms with Crippen molar-refractivity contribution in [1.29, 1.82) is 0 Å². The highest BCUT2D eigenvalue weighted by Crippen LogP contribution is 2.29. The van der Waals surface area contributed by atoms with Gasteiger partial charge >= 0.3 is 0 Å². The van der Waals surface area contributed by atoms with Crippen LogP contribution in [-0.2, 0) is 4.74 Å². The minimum absolute atomic E-state index is 0.0169. The van der Waals surface area contributed by atoms with Gasteiger partial charge in [0.25, 0.3) is 0 Å². The molecule has 0 aliphatic carbocycles. The van der Waals surface area contributed by atoms with Crippen molar-refractivity contribution in [2.24, 2.45) is 0 Å². The summed E-state index contributed by atoms with van der Waals surface area (Å²) in [5, 5.41) is 0. The van der Waals surface area contributed by atoms with Crippen LogP contribution in [0.15, 0.2) is 30.3 Å². The molecule has 6 heteroatoms. The summed E-state index contributed by atoms with van der Waals surface area (Å²) in [6, 6.07) is 8.42. The van der Waals surface area contributed by atoms with Gasteiger partial charge < -0.3 is 15.4 Å². The smallest absolute Gasteiger partial charge is 0.222 e. The van der Waals surface area contributed by atoms with Crippen LogP contribution in [0.3, 0.4) is 0 Å². The number of nitrogens with two attached hydrogens (primary N) is 1. The van der Waals surface area contributed by atoms with E-state index in [4.69, 9.17) is 10.5 Å². The molecular weight excluding hydrogens is 283 g/mol. The topological polar surface area (TPSA) is 64.3 Å². The molecule has 1 saturated heterocycles. The first-order valence-electron chi connectivity index (χ1n) is 7.34. The van der Waals surface area contributed by atoms with Crippen LogP contribution in [0.4, 0.5) is 16.2 Å². The van der Waals surface area contributed by atoms with Crippen LogP contribution in [0, 0.1) is 12.7 Å². The van der Waals surface area contributed by atoms with Crippen molar-refractivity contribution in [1.82, 2.24) is 9.97 Å². The zero-order valence-corrected chi connectivity index (χ0v) is 12.5. The Morgan fingerprint density at radius 1 is 1.27 bits per heavy atom. The highest BCUT2D eigenvalue weighted by molar-refractivity contribution is 5.46. The van der Waals surface area contributed by atoms with Crippen molar-refractivity contribution < 1.29 is 9.13 Å². The molecule has 1 aromatic heterocycles. The summed E-state index contributed by atoms with van der Waals surface area (Å²) in [4.78, 5) is 10.6. The van der Waals surface area contributed by atoms with E-state index in [1.165, 1.54) is 12.1 Å². The Balaban J connectivity index is 1.98. The van der Waals surface area contributed by atoms with E-state index in [0.717, 1.165) is 30.0 Å². The Bertz CT molecular complexity index is 627. The lowest BCUT2D eigenvalue weighted by Crippen LogP contribution is -2.31. The summed E-state index contributed by atoms with van der Waals surface area (Å²) < 4.78 is 18.9. The number of benzene rings is 1. The number of aromatic nitrogens is 2. The van der Waals surface area contributed by atoms with Crippen molar-refractivity contribution in [3.05, 3.63) is 47.4 Å². The molecule has 116 valence electrons. The summed E-state index contributed by atoms with van der Waals surface area (Å²) in [6.07, 6.45) is 0.903. The number of nitrogens with zero attached hydrogens (tertiary/aromatic N) is 3. The molecule has 1 aromatic carbocycles. The summed E-state index contributed by atoms with van der Waals surface area (Å²) >= 11 is 0. The molecule has 3 rings (SSSR count). The normalized spacial score (nSPS) is 19.0. The molecule has 1 unspecified atom stereocenters. The molecule has 1 fully saturated rings. The Morgan fingerprint density at radius 3 is 2.77 bits per heavy atom. The third kappa shape index (κ3) is 3.17. The van der Waals surface area contributed by atoms with Gasteiger partial charge in [-0.25, -0.2) is 9.37 Å². The zero-order valence-electron chi connectivity index (χ0n) is 12.5. The van der Waals surface area contributed by atoms with E-state index >= 15 is 0 Å². The highest BCUT2D eigenvalue weighted by Gasteiger charge is 2.25. The molecule has 2 N–H and O–H groups in total. The fourth-order valence-electron chi connectivity index (χ4n) is 2.73. The van der Waals surface area contributed by atoms with Gasteiger partial charge in [0.1, 0.15) is 11.6 Å². The van der Waals surface area contributed by atoms with E-state index in [1.54, 1.807) is 12.1 Å². The number of hydrogen-bond donors (Lipinski definition) is 1. The maximum Gasteiger partial charge on any atom is 0.222 e. The van der Waals surface area contributed by atoms with E-state index in [1.807, 2.05) is 13.0 Å². The lowest BCUT2D eigenvalue weighted by Gasteiger charge is -2.31. The first-order chi connectivity index (χ1) is 10.6. The summed E-state index contributed by atoms with van der Waals surface area (Å²) in [5.74, 6) is 0.801. The van der Waals surface area contributed by atoms with Crippen LogP contribution >= 0.6 is 0 Å². The third-order valence-corrected chi connectivity index (χ3v) is 3.75. The van der Waals surface area contributed by atoms with Crippen molar-refractivity contribution in [2.45, 2.75) is 19.4 Å². The SMILES string of the molecule is Cc1cc(N2CCCOCC2c2ccc(F)cc2)nc(N)n1. The number of anilines is 2. The fraction of sp³-hybridized carbons (Fsp3) is 0.375. The molecule has 2 aromatic rings. The van der Waals surface area contributed by atoms with Gasteiger partial charge in [-0.3, -0.25) is 0 Å². The summed E-state index contributed by atoms with van der Waals surface area (Å²) in [6.45, 7) is 3.93. The number of rotatable bonds is 2. The summed E-state index contributed by atoms with van der Waals surface area (Å²) in [7, 11) is 0. The molecule has 0 spiro atoms. The average Bonchev–Trinajstić information content (AvgIpc) is 2.73. The van der Waals surface area contributed by atoms with Crippen LogP contribution in [0.1, 0.15) is 23.7 Å². The van der Waals surface area contributed by atoms with Gasteiger partial charge in [-0.1, -0.05) is 12.1 Å². The standard InChI is InChI=1S/C16H19FN4O/c1-11-9-15(20-16(18)19-11)21-7-2-8-22-10-14(21)12-3-5-13(17)6-4-12/h3-6,9,14H,2,7-8,10H2,1H3,(H2,18,19,20). The second-order valence-electron chi connectivity index (χ2n) is 5.41. The third-order valence-electron chi connectivity index (χ3n) is 3.75. The Hall–Kier alpha value is -2.21. The van der Waals surface area contributed by atoms with Crippen LogP contribution in [0.5, 0.6) is 0 Å². The summed E-state index contributed by atoms with van der Waals surface area (Å²) in [5.41, 5.74) is 7.60. The van der Waals surface area contributed by atoms with Crippen LogP contribution in [0.2, 0.25) is 0 Å². The van der Waals surface area contributed by atoms with Gasteiger partial charge in [0.05, 0.1) is 12.6 Å². The van der Waals surface area contributed by atoms with Gasteiger partial charge in [0, 0.05) is 24.9 Å². The van der Waals surface area contributed by atoms with Crippen molar-refractivity contribution >= 4 is 11.8 Å². The molecule has 1 atom stereocenters. The highest BCUT2D eigenvalue weighted by atomic mass is 19.1. The molecule has 0 radical (unpaired) electrons. The molecule has 0 amide bonds. The zero-order chi connectivity index (χ0) is 15.5. The lowest BCUT2D eigenvalue weighted by molar-refractivity contribution is 0.134. The lowest BCUT2D eigenvalue weighted by atomic mass is 10.1. The molecule has 5 nitrogen and oxygen atoms in total. The largest absolute Gasteiger partial charge is 0.379 e. The monoisotopic (exact) mass is 302 g/mol. The maximum atomic E-state index is 13.2.